The number of hydrogen-bond donors (Lipinski definition) is 0. The van der Waals surface area contributed by atoms with Gasteiger partial charge in [-0.15, -0.1) is 0 Å². The summed E-state index contributed by atoms with van der Waals surface area (Å²) in [6, 6.07) is 16.9. The van der Waals surface area contributed by atoms with E-state index in [0.717, 1.165) is 28.8 Å². The van der Waals surface area contributed by atoms with Gasteiger partial charge in [-0.05, 0) is 65.1 Å². The molecule has 1 aromatic heterocycles. The zero-order valence-corrected chi connectivity index (χ0v) is 17.4. The largest absolute Gasteiger partial charge is 0.545 e. The molecule has 4 nitrogen and oxygen atoms in total. The number of carbonyl (C=O) groups excluding carboxylic acids is 1. The number of allylic oxidation sites excluding steroid dienone is 1. The van der Waals surface area contributed by atoms with Gasteiger partial charge in [-0.25, -0.2) is 4.98 Å². The second-order valence-electron chi connectivity index (χ2n) is 8.99. The topological polar surface area (TPSA) is 76.8 Å². The molecule has 0 saturated heterocycles. The van der Waals surface area contributed by atoms with Gasteiger partial charge in [-0.2, -0.15) is 5.26 Å². The number of aromatic nitrogens is 1. The first-order chi connectivity index (χ1) is 14.3. The quantitative estimate of drug-likeness (QED) is 0.634. The molecule has 4 rings (SSSR count). The van der Waals surface area contributed by atoms with Crippen LogP contribution in [0.2, 0.25) is 0 Å². The number of benzene rings is 2. The number of nitrogens with zero attached hydrogens (tertiary/aromatic N) is 2. The van der Waals surface area contributed by atoms with Crippen LogP contribution in [-0.4, -0.2) is 11.0 Å². The Morgan fingerprint density at radius 2 is 1.83 bits per heavy atom. The van der Waals surface area contributed by atoms with E-state index in [-0.39, 0.29) is 16.9 Å². The summed E-state index contributed by atoms with van der Waals surface area (Å²) in [4.78, 5) is 17.1. The fourth-order valence-corrected chi connectivity index (χ4v) is 4.22. The summed E-state index contributed by atoms with van der Waals surface area (Å²) in [6.45, 7) is 6.57. The van der Waals surface area contributed by atoms with Gasteiger partial charge in [0.15, 0.2) is 0 Å². The number of aromatic carboxylic acids is 1. The Kier molecular flexibility index (Phi) is 4.91. The number of pyridine rings is 1. The zero-order chi connectivity index (χ0) is 21.5. The summed E-state index contributed by atoms with van der Waals surface area (Å²) in [5, 5.41) is 21.9. The molecule has 0 N–H and O–H groups in total. The molecule has 0 saturated carbocycles. The van der Waals surface area contributed by atoms with Gasteiger partial charge >= 0.3 is 0 Å². The molecule has 0 bridgehead atoms. The summed E-state index contributed by atoms with van der Waals surface area (Å²) < 4.78 is 0. The molecule has 2 aromatic carbocycles. The van der Waals surface area contributed by atoms with Crippen LogP contribution in [0.15, 0.2) is 48.5 Å². The van der Waals surface area contributed by atoms with Crippen molar-refractivity contribution in [3.8, 4) is 6.07 Å². The molecule has 1 aliphatic rings. The van der Waals surface area contributed by atoms with Crippen LogP contribution in [0.1, 0.15) is 59.9 Å². The molecule has 150 valence electrons. The first kappa shape index (κ1) is 19.8. The molecule has 0 spiro atoms. The molecule has 0 unspecified atom stereocenters. The van der Waals surface area contributed by atoms with Gasteiger partial charge in [0.05, 0.1) is 28.8 Å². The van der Waals surface area contributed by atoms with E-state index in [1.54, 1.807) is 18.2 Å². The minimum atomic E-state index is -1.16. The molecule has 0 aliphatic heterocycles. The second kappa shape index (κ2) is 7.42. The lowest BCUT2D eigenvalue weighted by Gasteiger charge is -2.37. The highest BCUT2D eigenvalue weighted by Gasteiger charge is 2.34. The van der Waals surface area contributed by atoms with Gasteiger partial charge < -0.3 is 9.90 Å². The van der Waals surface area contributed by atoms with E-state index in [2.05, 4.69) is 32.9 Å². The van der Waals surface area contributed by atoms with Crippen LogP contribution in [0, 0.1) is 22.7 Å². The smallest absolute Gasteiger partial charge is 0.0991 e. The van der Waals surface area contributed by atoms with Crippen LogP contribution in [0.5, 0.6) is 0 Å². The number of fused-ring (bicyclic) bond motifs is 2. The monoisotopic (exact) mass is 395 g/mol. The van der Waals surface area contributed by atoms with Crippen molar-refractivity contribution in [3.63, 3.8) is 0 Å². The third-order valence-electron chi connectivity index (χ3n) is 6.02. The number of carboxylic acid groups (broad SMARTS) is 1. The first-order valence-electron chi connectivity index (χ1n) is 10.1. The van der Waals surface area contributed by atoms with Crippen molar-refractivity contribution in [2.45, 2.75) is 33.6 Å². The van der Waals surface area contributed by atoms with Crippen molar-refractivity contribution >= 4 is 28.5 Å². The third-order valence-corrected chi connectivity index (χ3v) is 6.02. The van der Waals surface area contributed by atoms with E-state index in [9.17, 15) is 9.90 Å². The average molecular weight is 395 g/mol. The number of carbonyl (C=O) groups is 1. The molecule has 30 heavy (non-hydrogen) atoms. The molecule has 0 fully saturated rings. The Hall–Kier alpha value is -3.45. The number of para-hydroxylation sites is 1. The molecule has 3 aromatic rings. The Morgan fingerprint density at radius 3 is 2.47 bits per heavy atom. The maximum atomic E-state index is 12.2. The SMILES string of the molecule is CC(C)(C)[C@@H]1C/C(=C\c2ccc(C#N)cc2)c2nc3ccccc3c(C(=O)[O-])c2C1. The van der Waals surface area contributed by atoms with Gasteiger partial charge in [0.25, 0.3) is 0 Å². The zero-order valence-electron chi connectivity index (χ0n) is 17.4. The fraction of sp³-hybridized carbons (Fsp3) is 0.269. The Labute approximate surface area is 176 Å². The molecule has 4 heteroatoms. The van der Waals surface area contributed by atoms with Crippen LogP contribution in [0.3, 0.4) is 0 Å². The fourth-order valence-electron chi connectivity index (χ4n) is 4.22. The number of carboxylic acids is 1. The predicted octanol–water partition coefficient (Wildman–Crippen LogP) is 4.62. The summed E-state index contributed by atoms with van der Waals surface area (Å²) >= 11 is 0. The Balaban J connectivity index is 1.97. The molecule has 1 atom stereocenters. The summed E-state index contributed by atoms with van der Waals surface area (Å²) in [5.74, 6) is -0.882. The van der Waals surface area contributed by atoms with Crippen LogP contribution in [0.4, 0.5) is 0 Å². The molecule has 0 radical (unpaired) electrons. The molecule has 1 heterocycles. The van der Waals surface area contributed by atoms with Gasteiger partial charge in [-0.1, -0.05) is 51.1 Å². The predicted molar refractivity (Wildman–Crippen MR) is 116 cm³/mol. The second-order valence-corrected chi connectivity index (χ2v) is 8.99. The van der Waals surface area contributed by atoms with E-state index in [1.165, 1.54) is 0 Å². The number of nitriles is 1. The Morgan fingerprint density at radius 1 is 1.13 bits per heavy atom. The highest BCUT2D eigenvalue weighted by atomic mass is 16.4. The van der Waals surface area contributed by atoms with Crippen molar-refractivity contribution in [1.82, 2.24) is 4.98 Å². The van der Waals surface area contributed by atoms with E-state index < -0.39 is 5.97 Å². The van der Waals surface area contributed by atoms with Gasteiger partial charge in [-0.3, -0.25) is 0 Å². The first-order valence-corrected chi connectivity index (χ1v) is 10.1. The molecule has 0 amide bonds. The van der Waals surface area contributed by atoms with Crippen LogP contribution in [0.25, 0.3) is 22.6 Å². The van der Waals surface area contributed by atoms with Gasteiger partial charge in [0.2, 0.25) is 0 Å². The standard InChI is InChI=1S/C26H24N2O2/c1-26(2,3)19-13-18(12-16-8-10-17(15-27)11-9-16)24-21(14-19)23(25(29)30)20-6-4-5-7-22(20)28-24/h4-12,19H,13-14H2,1-3H3,(H,29,30)/p-1/b18-12+/t19-/m1/s1. The lowest BCUT2D eigenvalue weighted by molar-refractivity contribution is -0.254. The van der Waals surface area contributed by atoms with Gasteiger partial charge in [0, 0.05) is 10.9 Å². The Bertz CT molecular complexity index is 1210. The van der Waals surface area contributed by atoms with Crippen molar-refractivity contribution in [1.29, 1.82) is 5.26 Å². The molecule has 1 aliphatic carbocycles. The van der Waals surface area contributed by atoms with Gasteiger partial charge in [0.1, 0.15) is 0 Å². The normalized spacial score (nSPS) is 17.5. The molecular formula is C26H23N2O2-. The lowest BCUT2D eigenvalue weighted by atomic mass is 9.69. The van der Waals surface area contributed by atoms with Crippen molar-refractivity contribution < 1.29 is 9.90 Å². The van der Waals surface area contributed by atoms with Crippen LogP contribution >= 0.6 is 0 Å². The number of hydrogen-bond acceptors (Lipinski definition) is 4. The minimum absolute atomic E-state index is 0.0102. The van der Waals surface area contributed by atoms with Crippen molar-refractivity contribution in [3.05, 3.63) is 76.5 Å². The van der Waals surface area contributed by atoms with E-state index in [4.69, 9.17) is 10.2 Å². The minimum Gasteiger partial charge on any atom is -0.545 e. The van der Waals surface area contributed by atoms with Crippen LogP contribution < -0.4 is 5.11 Å². The van der Waals surface area contributed by atoms with Crippen molar-refractivity contribution in [2.24, 2.45) is 11.3 Å². The average Bonchev–Trinajstić information content (AvgIpc) is 2.71. The van der Waals surface area contributed by atoms with E-state index in [0.29, 0.717) is 22.9 Å². The van der Waals surface area contributed by atoms with Crippen molar-refractivity contribution in [2.75, 3.05) is 0 Å². The number of rotatable bonds is 2. The van der Waals surface area contributed by atoms with E-state index in [1.807, 2.05) is 30.3 Å². The maximum Gasteiger partial charge on any atom is 0.0991 e. The highest BCUT2D eigenvalue weighted by molar-refractivity contribution is 6.05. The third kappa shape index (κ3) is 3.59. The highest BCUT2D eigenvalue weighted by Crippen LogP contribution is 2.44. The summed E-state index contributed by atoms with van der Waals surface area (Å²) in [7, 11) is 0. The summed E-state index contributed by atoms with van der Waals surface area (Å²) in [6.07, 6.45) is 3.54. The molecular weight excluding hydrogens is 372 g/mol. The maximum absolute atomic E-state index is 12.2. The lowest BCUT2D eigenvalue weighted by Crippen LogP contribution is -2.31. The van der Waals surface area contributed by atoms with Crippen LogP contribution in [-0.2, 0) is 6.42 Å². The summed E-state index contributed by atoms with van der Waals surface area (Å²) in [5.41, 5.74) is 5.04. The van der Waals surface area contributed by atoms with E-state index >= 15 is 0 Å².